The molecule has 7 nitrogen and oxygen atoms in total. The summed E-state index contributed by atoms with van der Waals surface area (Å²) in [5.74, 6) is -1.38. The first-order valence-corrected chi connectivity index (χ1v) is 13.8. The second kappa shape index (κ2) is 10.5. The van der Waals surface area contributed by atoms with Crippen molar-refractivity contribution in [2.75, 3.05) is 46.4 Å². The van der Waals surface area contributed by atoms with Crippen LogP contribution in [0.25, 0.3) is 11.1 Å². The number of alkyl halides is 2. The van der Waals surface area contributed by atoms with Gasteiger partial charge in [0.25, 0.3) is 6.43 Å². The summed E-state index contributed by atoms with van der Waals surface area (Å²) in [6.07, 6.45) is -1.16. The third-order valence-electron chi connectivity index (χ3n) is 9.09. The molecule has 4 heterocycles. The zero-order valence-corrected chi connectivity index (χ0v) is 22.5. The van der Waals surface area contributed by atoms with Gasteiger partial charge in [-0.25, -0.2) is 13.2 Å². The van der Waals surface area contributed by atoms with Crippen LogP contribution in [0.15, 0.2) is 36.4 Å². The molecule has 0 radical (unpaired) electrons. The predicted octanol–water partition coefficient (Wildman–Crippen LogP) is 3.46. The molecule has 1 amide bonds. The molecule has 212 valence electrons. The van der Waals surface area contributed by atoms with E-state index in [1.807, 2.05) is 12.1 Å². The van der Waals surface area contributed by atoms with Crippen LogP contribution in [0.3, 0.4) is 0 Å². The van der Waals surface area contributed by atoms with Crippen LogP contribution in [0, 0.1) is 22.6 Å². The highest BCUT2D eigenvalue weighted by Crippen LogP contribution is 2.46. The molecule has 0 bridgehead atoms. The SMILES string of the molecule is CN1CC(C(=O)NC(C#N)Cc2ccc(-c3ccc4c(c3)C3(CCN(C5COC5)CC3)OC4)cc2F)(C(F)F)C1. The number of carbonyl (C=O) groups excluding carboxylic acids is 1. The van der Waals surface area contributed by atoms with E-state index in [1.54, 1.807) is 24.1 Å². The van der Waals surface area contributed by atoms with E-state index >= 15 is 4.39 Å². The molecule has 1 unspecified atom stereocenters. The molecule has 1 N–H and O–H groups in total. The maximum Gasteiger partial charge on any atom is 0.255 e. The fraction of sp³-hybridized carbons (Fsp3) is 0.533. The second-order valence-electron chi connectivity index (χ2n) is 11.7. The summed E-state index contributed by atoms with van der Waals surface area (Å²) in [6, 6.07) is 12.2. The van der Waals surface area contributed by atoms with Crippen LogP contribution in [-0.4, -0.2) is 80.7 Å². The van der Waals surface area contributed by atoms with Crippen molar-refractivity contribution in [3.05, 3.63) is 58.9 Å². The fourth-order valence-electron chi connectivity index (χ4n) is 6.54. The average Bonchev–Trinajstić information content (AvgIpc) is 3.24. The first kappa shape index (κ1) is 27.2. The van der Waals surface area contributed by atoms with Gasteiger partial charge in [-0.15, -0.1) is 0 Å². The van der Waals surface area contributed by atoms with Crippen molar-refractivity contribution in [1.29, 1.82) is 5.26 Å². The van der Waals surface area contributed by atoms with E-state index < -0.39 is 29.6 Å². The van der Waals surface area contributed by atoms with Gasteiger partial charge in [0.1, 0.15) is 17.3 Å². The van der Waals surface area contributed by atoms with Crippen LogP contribution >= 0.6 is 0 Å². The van der Waals surface area contributed by atoms with E-state index in [2.05, 4.69) is 22.3 Å². The first-order chi connectivity index (χ1) is 19.2. The molecule has 0 aromatic heterocycles. The van der Waals surface area contributed by atoms with Gasteiger partial charge in [0.15, 0.2) is 0 Å². The summed E-state index contributed by atoms with van der Waals surface area (Å²) in [6.45, 7) is 3.90. The highest BCUT2D eigenvalue weighted by atomic mass is 19.3. The Kier molecular flexibility index (Phi) is 7.11. The van der Waals surface area contributed by atoms with Crippen molar-refractivity contribution < 1.29 is 27.4 Å². The number of halogens is 3. The number of carbonyl (C=O) groups is 1. The molecule has 1 atom stereocenters. The van der Waals surface area contributed by atoms with Crippen molar-refractivity contribution >= 4 is 5.91 Å². The van der Waals surface area contributed by atoms with Crippen molar-refractivity contribution in [2.24, 2.45) is 5.41 Å². The van der Waals surface area contributed by atoms with Crippen LogP contribution in [0.2, 0.25) is 0 Å². The molecule has 10 heteroatoms. The van der Waals surface area contributed by atoms with Crippen molar-refractivity contribution in [3.8, 4) is 17.2 Å². The van der Waals surface area contributed by atoms with Crippen LogP contribution in [0.1, 0.15) is 29.5 Å². The summed E-state index contributed by atoms with van der Waals surface area (Å²) in [7, 11) is 1.65. The van der Waals surface area contributed by atoms with Gasteiger partial charge in [-0.2, -0.15) is 5.26 Å². The minimum absolute atomic E-state index is 0.0848. The summed E-state index contributed by atoms with van der Waals surface area (Å²) in [5, 5.41) is 12.0. The molecule has 0 aliphatic carbocycles. The highest BCUT2D eigenvalue weighted by Gasteiger charge is 2.55. The number of likely N-dealkylation sites (tertiary alicyclic amines) is 2. The lowest BCUT2D eigenvalue weighted by Gasteiger charge is -2.46. The lowest BCUT2D eigenvalue weighted by atomic mass is 9.79. The number of hydrogen-bond donors (Lipinski definition) is 1. The molecule has 4 aliphatic heterocycles. The number of fused-ring (bicyclic) bond motifs is 2. The van der Waals surface area contributed by atoms with Gasteiger partial charge in [-0.3, -0.25) is 9.69 Å². The van der Waals surface area contributed by atoms with Crippen molar-refractivity contribution in [3.63, 3.8) is 0 Å². The van der Waals surface area contributed by atoms with E-state index in [-0.39, 0.29) is 30.7 Å². The Balaban J connectivity index is 1.15. The van der Waals surface area contributed by atoms with E-state index in [0.717, 1.165) is 50.3 Å². The Bertz CT molecular complexity index is 1330. The number of piperidine rings is 1. The van der Waals surface area contributed by atoms with Crippen molar-refractivity contribution in [1.82, 2.24) is 15.1 Å². The number of amides is 1. The maximum absolute atomic E-state index is 15.3. The summed E-state index contributed by atoms with van der Waals surface area (Å²) in [4.78, 5) is 16.7. The number of hydrogen-bond acceptors (Lipinski definition) is 6. The van der Waals surface area contributed by atoms with Gasteiger partial charge in [0, 0.05) is 32.6 Å². The Morgan fingerprint density at radius 2 is 1.85 bits per heavy atom. The Morgan fingerprint density at radius 1 is 1.15 bits per heavy atom. The molecule has 3 saturated heterocycles. The number of ether oxygens (including phenoxy) is 2. The molecule has 1 spiro atoms. The lowest BCUT2D eigenvalue weighted by Crippen LogP contribution is -2.66. The van der Waals surface area contributed by atoms with Crippen LogP contribution in [-0.2, 0) is 32.9 Å². The highest BCUT2D eigenvalue weighted by molar-refractivity contribution is 5.85. The third-order valence-corrected chi connectivity index (χ3v) is 9.09. The van der Waals surface area contributed by atoms with Crippen molar-refractivity contribution in [2.45, 2.75) is 50.0 Å². The molecule has 3 fully saturated rings. The fourth-order valence-corrected chi connectivity index (χ4v) is 6.54. The standard InChI is InChI=1S/C30H33F3N4O3/c1-36-17-29(18-36,27(32)33)28(38)35-23(13-34)10-21-4-2-20(12-26(21)31)19-3-5-22-14-40-30(25(22)11-19)6-8-37(9-7-30)24-15-39-16-24/h2-5,11-12,23-24,27H,6-10,14-18H2,1H3,(H,35,38). The van der Waals surface area contributed by atoms with Gasteiger partial charge in [-0.05, 0) is 59.8 Å². The maximum atomic E-state index is 15.3. The number of nitrogens with one attached hydrogen (secondary N) is 1. The van der Waals surface area contributed by atoms with Gasteiger partial charge >= 0.3 is 0 Å². The van der Waals surface area contributed by atoms with Crippen LogP contribution < -0.4 is 5.32 Å². The van der Waals surface area contributed by atoms with Gasteiger partial charge < -0.3 is 19.7 Å². The monoisotopic (exact) mass is 554 g/mol. The van der Waals surface area contributed by atoms with E-state index in [4.69, 9.17) is 9.47 Å². The first-order valence-electron chi connectivity index (χ1n) is 13.8. The number of benzene rings is 2. The van der Waals surface area contributed by atoms with Crippen LogP contribution in [0.4, 0.5) is 13.2 Å². The smallest absolute Gasteiger partial charge is 0.255 e. The topological polar surface area (TPSA) is 77.8 Å². The predicted molar refractivity (Wildman–Crippen MR) is 141 cm³/mol. The summed E-state index contributed by atoms with van der Waals surface area (Å²) < 4.78 is 54.2. The minimum Gasteiger partial charge on any atom is -0.378 e. The number of rotatable bonds is 7. The zero-order chi connectivity index (χ0) is 28.1. The third kappa shape index (κ3) is 4.69. The second-order valence-corrected chi connectivity index (χ2v) is 11.7. The zero-order valence-electron chi connectivity index (χ0n) is 22.5. The molecular formula is C30H33F3N4O3. The Labute approximate surface area is 231 Å². The van der Waals surface area contributed by atoms with E-state index in [1.165, 1.54) is 11.6 Å². The average molecular weight is 555 g/mol. The van der Waals surface area contributed by atoms with E-state index in [0.29, 0.717) is 18.2 Å². The normalized spacial score (nSPS) is 22.8. The van der Waals surface area contributed by atoms with Gasteiger partial charge in [0.2, 0.25) is 5.91 Å². The van der Waals surface area contributed by atoms with Crippen LogP contribution in [0.5, 0.6) is 0 Å². The van der Waals surface area contributed by atoms with Gasteiger partial charge in [0.05, 0.1) is 37.5 Å². The lowest BCUT2D eigenvalue weighted by molar-refractivity contribution is -0.159. The Morgan fingerprint density at radius 3 is 2.45 bits per heavy atom. The van der Waals surface area contributed by atoms with E-state index in [9.17, 15) is 18.8 Å². The molecule has 6 rings (SSSR count). The molecule has 2 aromatic rings. The quantitative estimate of drug-likeness (QED) is 0.565. The van der Waals surface area contributed by atoms with Gasteiger partial charge in [-0.1, -0.05) is 24.3 Å². The summed E-state index contributed by atoms with van der Waals surface area (Å²) in [5.41, 5.74) is 1.98. The Hall–Kier alpha value is -2.97. The molecule has 0 saturated carbocycles. The molecule has 4 aliphatic rings. The molecule has 40 heavy (non-hydrogen) atoms. The number of nitriles is 1. The largest absolute Gasteiger partial charge is 0.378 e. The molecule has 2 aromatic carbocycles. The molecular weight excluding hydrogens is 521 g/mol. The minimum atomic E-state index is -2.85. The summed E-state index contributed by atoms with van der Waals surface area (Å²) >= 11 is 0. The number of nitrogens with zero attached hydrogens (tertiary/aromatic N) is 3.